The molecule has 1 unspecified atom stereocenters. The normalized spacial score (nSPS) is 17.8. The van der Waals surface area contributed by atoms with E-state index in [0.717, 1.165) is 29.8 Å². The highest BCUT2D eigenvalue weighted by Gasteiger charge is 2.35. The van der Waals surface area contributed by atoms with Crippen molar-refractivity contribution >= 4 is 11.8 Å². The van der Waals surface area contributed by atoms with E-state index in [1.807, 2.05) is 19.1 Å². The largest absolute Gasteiger partial charge is 0.416 e. The molecule has 1 heterocycles. The Morgan fingerprint density at radius 3 is 2.27 bits per heavy atom. The summed E-state index contributed by atoms with van der Waals surface area (Å²) < 4.78 is 38.1. The molecular weight excluding hydrogens is 345 g/mol. The zero-order valence-corrected chi connectivity index (χ0v) is 14.0. The Morgan fingerprint density at radius 2 is 1.69 bits per heavy atom. The number of alkyl halides is 3. The van der Waals surface area contributed by atoms with Gasteiger partial charge < -0.3 is 10.2 Å². The third kappa shape index (κ3) is 3.56. The van der Waals surface area contributed by atoms with Crippen LogP contribution in [-0.2, 0) is 11.0 Å². The lowest BCUT2D eigenvalue weighted by Gasteiger charge is -2.35. The molecule has 1 saturated heterocycles. The van der Waals surface area contributed by atoms with Gasteiger partial charge in [-0.05, 0) is 36.8 Å². The Labute approximate surface area is 148 Å². The highest BCUT2D eigenvalue weighted by atomic mass is 19.4. The van der Waals surface area contributed by atoms with Crippen molar-refractivity contribution in [3.63, 3.8) is 0 Å². The third-order valence-electron chi connectivity index (χ3n) is 4.33. The molecule has 0 radical (unpaired) electrons. The molecule has 1 N–H and O–H groups in total. The van der Waals surface area contributed by atoms with Crippen molar-refractivity contribution in [2.45, 2.75) is 19.1 Å². The van der Waals surface area contributed by atoms with Crippen LogP contribution in [0.1, 0.15) is 33.1 Å². The maximum atomic E-state index is 12.8. The summed E-state index contributed by atoms with van der Waals surface area (Å²) in [7, 11) is 0. The lowest BCUT2D eigenvalue weighted by atomic mass is 10.00. The molecule has 4 nitrogen and oxygen atoms in total. The number of aryl methyl sites for hydroxylation is 1. The molecule has 0 aliphatic carbocycles. The first-order valence-corrected chi connectivity index (χ1v) is 8.10. The molecule has 2 aromatic rings. The number of rotatable bonds is 2. The van der Waals surface area contributed by atoms with E-state index in [9.17, 15) is 22.8 Å². The zero-order valence-electron chi connectivity index (χ0n) is 14.0. The van der Waals surface area contributed by atoms with Crippen LogP contribution in [0, 0.1) is 6.92 Å². The summed E-state index contributed by atoms with van der Waals surface area (Å²) in [5.74, 6) is -0.778. The van der Waals surface area contributed by atoms with E-state index in [1.165, 1.54) is 4.90 Å². The van der Waals surface area contributed by atoms with Gasteiger partial charge in [0.1, 0.15) is 6.04 Å². The summed E-state index contributed by atoms with van der Waals surface area (Å²) in [6.45, 7) is 2.49. The van der Waals surface area contributed by atoms with Crippen LogP contribution in [0.25, 0.3) is 0 Å². The van der Waals surface area contributed by atoms with E-state index in [2.05, 4.69) is 5.32 Å². The second kappa shape index (κ2) is 6.82. The number of nitrogens with one attached hydrogen (secondary N) is 1. The summed E-state index contributed by atoms with van der Waals surface area (Å²) in [4.78, 5) is 26.6. The molecule has 7 heteroatoms. The second-order valence-corrected chi connectivity index (χ2v) is 6.18. The van der Waals surface area contributed by atoms with Gasteiger partial charge in [0.25, 0.3) is 5.91 Å². The van der Waals surface area contributed by atoms with Gasteiger partial charge in [0.15, 0.2) is 0 Å². The van der Waals surface area contributed by atoms with Crippen LogP contribution < -0.4 is 5.32 Å². The number of hydrogen-bond acceptors (Lipinski definition) is 2. The number of nitrogens with zero attached hydrogens (tertiary/aromatic N) is 1. The minimum absolute atomic E-state index is 0.116. The van der Waals surface area contributed by atoms with Gasteiger partial charge in [-0.2, -0.15) is 13.2 Å². The van der Waals surface area contributed by atoms with Crippen molar-refractivity contribution in [1.29, 1.82) is 0 Å². The minimum atomic E-state index is -4.46. The van der Waals surface area contributed by atoms with Gasteiger partial charge in [-0.3, -0.25) is 9.59 Å². The summed E-state index contributed by atoms with van der Waals surface area (Å²) in [6, 6.07) is 10.5. The van der Waals surface area contributed by atoms with E-state index >= 15 is 0 Å². The topological polar surface area (TPSA) is 49.4 Å². The van der Waals surface area contributed by atoms with E-state index in [4.69, 9.17) is 0 Å². The van der Waals surface area contributed by atoms with Crippen LogP contribution >= 0.6 is 0 Å². The number of halogens is 3. The predicted molar refractivity (Wildman–Crippen MR) is 89.4 cm³/mol. The lowest BCUT2D eigenvalue weighted by molar-refractivity contribution is -0.137. The number of carbonyl (C=O) groups excluding carboxylic acids is 2. The van der Waals surface area contributed by atoms with E-state index < -0.39 is 23.7 Å². The lowest BCUT2D eigenvalue weighted by Crippen LogP contribution is -2.52. The van der Waals surface area contributed by atoms with Gasteiger partial charge in [0.05, 0.1) is 5.56 Å². The molecular formula is C19H17F3N2O2. The van der Waals surface area contributed by atoms with Crippen molar-refractivity contribution in [2.24, 2.45) is 0 Å². The summed E-state index contributed by atoms with van der Waals surface area (Å²) in [5, 5.41) is 2.73. The molecule has 0 aromatic heterocycles. The number of carbonyl (C=O) groups is 2. The van der Waals surface area contributed by atoms with Crippen LogP contribution in [0.4, 0.5) is 13.2 Å². The first kappa shape index (κ1) is 18.0. The maximum absolute atomic E-state index is 12.8. The molecule has 1 aliphatic heterocycles. The summed E-state index contributed by atoms with van der Waals surface area (Å²) >= 11 is 0. The van der Waals surface area contributed by atoms with Crippen molar-refractivity contribution in [3.05, 3.63) is 70.8 Å². The first-order chi connectivity index (χ1) is 12.3. The monoisotopic (exact) mass is 362 g/mol. The van der Waals surface area contributed by atoms with Crippen LogP contribution in [0.5, 0.6) is 0 Å². The Kier molecular flexibility index (Phi) is 4.71. The Balaban J connectivity index is 1.90. The van der Waals surface area contributed by atoms with Crippen molar-refractivity contribution < 1.29 is 22.8 Å². The molecule has 136 valence electrons. The number of hydrogen-bond donors (Lipinski definition) is 1. The molecule has 26 heavy (non-hydrogen) atoms. The standard InChI is InChI=1S/C19H17F3N2O2/c1-12-2-4-13(5-3-12)16-17(25)23-10-11-24(16)18(26)14-6-8-15(9-7-14)19(20,21)22/h2-9,16H,10-11H2,1H3,(H,23,25). The van der Waals surface area contributed by atoms with Gasteiger partial charge in [0.2, 0.25) is 5.91 Å². The Hall–Kier alpha value is -2.83. The van der Waals surface area contributed by atoms with E-state index in [0.29, 0.717) is 12.1 Å². The number of amides is 2. The molecule has 0 bridgehead atoms. The fraction of sp³-hybridized carbons (Fsp3) is 0.263. The van der Waals surface area contributed by atoms with E-state index in [1.54, 1.807) is 12.1 Å². The van der Waals surface area contributed by atoms with Crippen LogP contribution in [-0.4, -0.2) is 29.8 Å². The van der Waals surface area contributed by atoms with Gasteiger partial charge >= 0.3 is 6.18 Å². The average molecular weight is 362 g/mol. The second-order valence-electron chi connectivity index (χ2n) is 6.18. The molecule has 0 saturated carbocycles. The van der Waals surface area contributed by atoms with Gasteiger partial charge in [-0.1, -0.05) is 29.8 Å². The maximum Gasteiger partial charge on any atom is 0.416 e. The van der Waals surface area contributed by atoms with Crippen molar-refractivity contribution in [1.82, 2.24) is 10.2 Å². The summed E-state index contributed by atoms with van der Waals surface area (Å²) in [6.07, 6.45) is -4.46. The van der Waals surface area contributed by atoms with Gasteiger partial charge in [0, 0.05) is 18.7 Å². The summed E-state index contributed by atoms with van der Waals surface area (Å²) in [5.41, 5.74) is 0.976. The molecule has 1 aliphatic rings. The third-order valence-corrected chi connectivity index (χ3v) is 4.33. The Bertz CT molecular complexity index is 814. The predicted octanol–water partition coefficient (Wildman–Crippen LogP) is 3.33. The van der Waals surface area contributed by atoms with Crippen LogP contribution in [0.2, 0.25) is 0 Å². The molecule has 2 amide bonds. The minimum Gasteiger partial charge on any atom is -0.352 e. The van der Waals surface area contributed by atoms with Crippen LogP contribution in [0.15, 0.2) is 48.5 Å². The fourth-order valence-corrected chi connectivity index (χ4v) is 2.93. The van der Waals surface area contributed by atoms with Gasteiger partial charge in [-0.15, -0.1) is 0 Å². The van der Waals surface area contributed by atoms with Crippen molar-refractivity contribution in [3.8, 4) is 0 Å². The molecule has 1 fully saturated rings. The highest BCUT2D eigenvalue weighted by Crippen LogP contribution is 2.30. The number of benzene rings is 2. The SMILES string of the molecule is Cc1ccc(C2C(=O)NCCN2C(=O)c2ccc(C(F)(F)F)cc2)cc1. The first-order valence-electron chi connectivity index (χ1n) is 8.10. The molecule has 0 spiro atoms. The Morgan fingerprint density at radius 1 is 1.08 bits per heavy atom. The quantitative estimate of drug-likeness (QED) is 0.891. The fourth-order valence-electron chi connectivity index (χ4n) is 2.93. The average Bonchev–Trinajstić information content (AvgIpc) is 2.61. The van der Waals surface area contributed by atoms with E-state index in [-0.39, 0.29) is 18.0 Å². The molecule has 1 atom stereocenters. The van der Waals surface area contributed by atoms with Crippen molar-refractivity contribution in [2.75, 3.05) is 13.1 Å². The highest BCUT2D eigenvalue weighted by molar-refractivity contribution is 5.98. The smallest absolute Gasteiger partial charge is 0.352 e. The molecule has 3 rings (SSSR count). The number of piperazine rings is 1. The van der Waals surface area contributed by atoms with Crippen LogP contribution in [0.3, 0.4) is 0 Å². The molecule has 2 aromatic carbocycles. The zero-order chi connectivity index (χ0) is 18.9. The van der Waals surface area contributed by atoms with Gasteiger partial charge in [-0.25, -0.2) is 0 Å².